The second-order valence-corrected chi connectivity index (χ2v) is 5.09. The van der Waals surface area contributed by atoms with Gasteiger partial charge in [0.25, 0.3) is 5.91 Å². The third kappa shape index (κ3) is 2.17. The predicted octanol–water partition coefficient (Wildman–Crippen LogP) is 2.70. The van der Waals surface area contributed by atoms with Crippen LogP contribution in [0.5, 0.6) is 0 Å². The number of amides is 1. The van der Waals surface area contributed by atoms with Crippen LogP contribution in [0.3, 0.4) is 0 Å². The van der Waals surface area contributed by atoms with E-state index in [1.165, 1.54) is 0 Å². The summed E-state index contributed by atoms with van der Waals surface area (Å²) in [7, 11) is 1.69. The standard InChI is InChI=1S/C16H18N2O2/c1-10(17-6-7-20-2)12-8-11-4-3-5-14-15(11)13(9-12)16(19)18-14/h3-5,8-10,17H,6-7H2,1-2H3,(H,18,19). The number of rotatable bonds is 5. The van der Waals surface area contributed by atoms with Gasteiger partial charge in [0, 0.05) is 36.3 Å². The third-order valence-electron chi connectivity index (χ3n) is 3.75. The molecule has 0 saturated heterocycles. The molecule has 0 radical (unpaired) electrons. The highest BCUT2D eigenvalue weighted by molar-refractivity contribution is 6.24. The molecule has 1 aliphatic heterocycles. The highest BCUT2D eigenvalue weighted by atomic mass is 16.5. The van der Waals surface area contributed by atoms with Crippen molar-refractivity contribution in [3.63, 3.8) is 0 Å². The zero-order valence-corrected chi connectivity index (χ0v) is 11.7. The Morgan fingerprint density at radius 3 is 3.00 bits per heavy atom. The highest BCUT2D eigenvalue weighted by Gasteiger charge is 2.22. The third-order valence-corrected chi connectivity index (χ3v) is 3.75. The molecule has 1 unspecified atom stereocenters. The van der Waals surface area contributed by atoms with Gasteiger partial charge in [-0.05, 0) is 36.1 Å². The molecule has 1 aliphatic rings. The van der Waals surface area contributed by atoms with Gasteiger partial charge < -0.3 is 15.4 Å². The number of ether oxygens (including phenoxy) is 1. The van der Waals surface area contributed by atoms with Crippen LogP contribution in [0.4, 0.5) is 5.69 Å². The average molecular weight is 270 g/mol. The number of carbonyl (C=O) groups is 1. The van der Waals surface area contributed by atoms with E-state index in [9.17, 15) is 4.79 Å². The Kier molecular flexibility index (Phi) is 3.42. The van der Waals surface area contributed by atoms with Crippen molar-refractivity contribution in [2.45, 2.75) is 13.0 Å². The Bertz CT molecular complexity index is 667. The second kappa shape index (κ2) is 5.23. The van der Waals surface area contributed by atoms with E-state index in [4.69, 9.17) is 4.74 Å². The van der Waals surface area contributed by atoms with E-state index in [0.717, 1.165) is 34.1 Å². The fourth-order valence-electron chi connectivity index (χ4n) is 2.67. The molecule has 2 aromatic rings. The quantitative estimate of drug-likeness (QED) is 0.821. The zero-order valence-electron chi connectivity index (χ0n) is 11.7. The summed E-state index contributed by atoms with van der Waals surface area (Å²) in [5, 5.41) is 8.44. The van der Waals surface area contributed by atoms with Crippen LogP contribution < -0.4 is 10.6 Å². The highest BCUT2D eigenvalue weighted by Crippen LogP contribution is 2.35. The van der Waals surface area contributed by atoms with E-state index >= 15 is 0 Å². The molecule has 0 bridgehead atoms. The van der Waals surface area contributed by atoms with E-state index in [1.54, 1.807) is 7.11 Å². The molecule has 4 nitrogen and oxygen atoms in total. The van der Waals surface area contributed by atoms with E-state index in [2.05, 4.69) is 23.6 Å². The monoisotopic (exact) mass is 270 g/mol. The lowest BCUT2D eigenvalue weighted by molar-refractivity contribution is 0.103. The van der Waals surface area contributed by atoms with Crippen molar-refractivity contribution in [3.05, 3.63) is 41.5 Å². The van der Waals surface area contributed by atoms with Gasteiger partial charge in [0.1, 0.15) is 0 Å². The molecule has 104 valence electrons. The molecule has 20 heavy (non-hydrogen) atoms. The first-order valence-electron chi connectivity index (χ1n) is 6.81. The van der Waals surface area contributed by atoms with Crippen LogP contribution in [0.25, 0.3) is 10.8 Å². The Morgan fingerprint density at radius 1 is 1.35 bits per heavy atom. The Labute approximate surface area is 118 Å². The van der Waals surface area contributed by atoms with Crippen LogP contribution in [0, 0.1) is 0 Å². The van der Waals surface area contributed by atoms with Gasteiger partial charge >= 0.3 is 0 Å². The first-order valence-corrected chi connectivity index (χ1v) is 6.81. The molecule has 0 spiro atoms. The lowest BCUT2D eigenvalue weighted by Crippen LogP contribution is -2.23. The minimum absolute atomic E-state index is 0.0119. The van der Waals surface area contributed by atoms with Crippen molar-refractivity contribution in [1.29, 1.82) is 0 Å². The van der Waals surface area contributed by atoms with Crippen molar-refractivity contribution in [2.75, 3.05) is 25.6 Å². The van der Waals surface area contributed by atoms with Crippen molar-refractivity contribution in [3.8, 4) is 0 Å². The molecule has 0 saturated carbocycles. The summed E-state index contributed by atoms with van der Waals surface area (Å²) in [5.41, 5.74) is 2.81. The number of nitrogens with one attached hydrogen (secondary N) is 2. The number of hydrogen-bond donors (Lipinski definition) is 2. The SMILES string of the molecule is COCCNC(C)c1cc2c3c(cccc3c1)NC2=O. The summed E-state index contributed by atoms with van der Waals surface area (Å²) in [5.74, 6) is -0.0119. The molecule has 3 rings (SSSR count). The molecule has 0 fully saturated rings. The lowest BCUT2D eigenvalue weighted by atomic mass is 9.98. The molecule has 0 aromatic heterocycles. The number of methoxy groups -OCH3 is 1. The first-order chi connectivity index (χ1) is 9.70. The van der Waals surface area contributed by atoms with Crippen molar-refractivity contribution in [2.24, 2.45) is 0 Å². The fraction of sp³-hybridized carbons (Fsp3) is 0.312. The van der Waals surface area contributed by atoms with Crippen LogP contribution in [0.15, 0.2) is 30.3 Å². The van der Waals surface area contributed by atoms with Crippen LogP contribution in [0.1, 0.15) is 28.9 Å². The number of hydrogen-bond acceptors (Lipinski definition) is 3. The van der Waals surface area contributed by atoms with Crippen molar-refractivity contribution < 1.29 is 9.53 Å². The Hall–Kier alpha value is -1.91. The maximum atomic E-state index is 12.0. The second-order valence-electron chi connectivity index (χ2n) is 5.09. The van der Waals surface area contributed by atoms with E-state index < -0.39 is 0 Å². The van der Waals surface area contributed by atoms with Crippen molar-refractivity contribution >= 4 is 22.4 Å². The molecule has 0 aliphatic carbocycles. The van der Waals surface area contributed by atoms with Crippen LogP contribution in [-0.2, 0) is 4.74 Å². The van der Waals surface area contributed by atoms with Crippen molar-refractivity contribution in [1.82, 2.24) is 5.32 Å². The van der Waals surface area contributed by atoms with E-state index in [-0.39, 0.29) is 11.9 Å². The van der Waals surface area contributed by atoms with E-state index in [1.807, 2.05) is 24.3 Å². The number of carbonyl (C=O) groups excluding carboxylic acids is 1. The Balaban J connectivity index is 1.97. The summed E-state index contributed by atoms with van der Waals surface area (Å²) in [4.78, 5) is 12.0. The van der Waals surface area contributed by atoms with Crippen LogP contribution in [-0.4, -0.2) is 26.2 Å². The summed E-state index contributed by atoms with van der Waals surface area (Å²) < 4.78 is 5.04. The predicted molar refractivity (Wildman–Crippen MR) is 80.2 cm³/mol. The van der Waals surface area contributed by atoms with E-state index in [0.29, 0.717) is 6.61 Å². The molecular weight excluding hydrogens is 252 g/mol. The molecule has 2 aromatic carbocycles. The largest absolute Gasteiger partial charge is 0.383 e. The van der Waals surface area contributed by atoms with Gasteiger partial charge in [-0.3, -0.25) is 4.79 Å². The van der Waals surface area contributed by atoms with Crippen LogP contribution >= 0.6 is 0 Å². The first kappa shape index (κ1) is 13.1. The maximum absolute atomic E-state index is 12.0. The smallest absolute Gasteiger partial charge is 0.256 e. The Morgan fingerprint density at radius 2 is 2.20 bits per heavy atom. The van der Waals surface area contributed by atoms with Gasteiger partial charge in [-0.1, -0.05) is 12.1 Å². The molecule has 4 heteroatoms. The summed E-state index contributed by atoms with van der Waals surface area (Å²) in [6, 6.07) is 10.3. The summed E-state index contributed by atoms with van der Waals surface area (Å²) >= 11 is 0. The molecule has 2 N–H and O–H groups in total. The summed E-state index contributed by atoms with van der Waals surface area (Å²) in [6.45, 7) is 3.56. The van der Waals surface area contributed by atoms with Gasteiger partial charge in [0.05, 0.1) is 6.61 Å². The van der Waals surface area contributed by atoms with Gasteiger partial charge in [-0.2, -0.15) is 0 Å². The minimum Gasteiger partial charge on any atom is -0.383 e. The topological polar surface area (TPSA) is 50.4 Å². The minimum atomic E-state index is -0.0119. The van der Waals surface area contributed by atoms with Gasteiger partial charge in [0.2, 0.25) is 0 Å². The van der Waals surface area contributed by atoms with Crippen LogP contribution in [0.2, 0.25) is 0 Å². The summed E-state index contributed by atoms with van der Waals surface area (Å²) in [6.07, 6.45) is 0. The molecule has 1 amide bonds. The molecule has 1 atom stereocenters. The van der Waals surface area contributed by atoms with Gasteiger partial charge in [0.15, 0.2) is 0 Å². The average Bonchev–Trinajstić information content (AvgIpc) is 2.77. The maximum Gasteiger partial charge on any atom is 0.256 e. The normalized spacial score (nSPS) is 14.6. The zero-order chi connectivity index (χ0) is 14.1. The van der Waals surface area contributed by atoms with Gasteiger partial charge in [-0.15, -0.1) is 0 Å². The molecule has 1 heterocycles. The molecular formula is C16H18N2O2. The number of benzene rings is 2. The fourth-order valence-corrected chi connectivity index (χ4v) is 2.67. The lowest BCUT2D eigenvalue weighted by Gasteiger charge is -2.15. The number of anilines is 1. The van der Waals surface area contributed by atoms with Gasteiger partial charge in [-0.25, -0.2) is 0 Å².